The number of hydrogen-bond donors (Lipinski definition) is 3. The molecule has 1 atom stereocenters. The highest BCUT2D eigenvalue weighted by Crippen LogP contribution is 2.31. The Morgan fingerprint density at radius 2 is 2.03 bits per heavy atom. The van der Waals surface area contributed by atoms with Crippen LogP contribution in [0, 0.1) is 5.92 Å². The summed E-state index contributed by atoms with van der Waals surface area (Å²) in [6, 6.07) is 9.09. The number of nitrogens with zero attached hydrogens (tertiary/aromatic N) is 3. The number of ether oxygens (including phenoxy) is 1. The van der Waals surface area contributed by atoms with Crippen molar-refractivity contribution in [3.8, 4) is 5.88 Å². The summed E-state index contributed by atoms with van der Waals surface area (Å²) >= 11 is 1.41. The van der Waals surface area contributed by atoms with Crippen molar-refractivity contribution in [2.75, 3.05) is 18.2 Å². The van der Waals surface area contributed by atoms with E-state index in [1.54, 1.807) is 25.4 Å². The van der Waals surface area contributed by atoms with E-state index in [9.17, 15) is 14.7 Å². The van der Waals surface area contributed by atoms with Crippen molar-refractivity contribution < 1.29 is 19.4 Å². The summed E-state index contributed by atoms with van der Waals surface area (Å²) < 4.78 is 5.25. The van der Waals surface area contributed by atoms with Crippen LogP contribution in [0.4, 0.5) is 5.82 Å². The Hall–Kier alpha value is -3.24. The number of fused-ring (bicyclic) bond motifs is 2. The van der Waals surface area contributed by atoms with Gasteiger partial charge in [0.15, 0.2) is 0 Å². The quantitative estimate of drug-likeness (QED) is 0.478. The van der Waals surface area contributed by atoms with Gasteiger partial charge in [-0.2, -0.15) is 0 Å². The largest absolute Gasteiger partial charge is 0.481 e. The number of aromatic nitrogens is 3. The van der Waals surface area contributed by atoms with Gasteiger partial charge in [-0.3, -0.25) is 14.6 Å². The third kappa shape index (κ3) is 5.23. The van der Waals surface area contributed by atoms with E-state index in [0.717, 1.165) is 47.2 Å². The number of amides is 2. The predicted molar refractivity (Wildman–Crippen MR) is 133 cm³/mol. The first-order valence-corrected chi connectivity index (χ1v) is 12.7. The lowest BCUT2D eigenvalue weighted by Gasteiger charge is -2.32. The van der Waals surface area contributed by atoms with Gasteiger partial charge >= 0.3 is 0 Å². The molecule has 10 heteroatoms. The van der Waals surface area contributed by atoms with Gasteiger partial charge in [0.1, 0.15) is 11.5 Å². The molecule has 1 aliphatic carbocycles. The molecule has 0 saturated heterocycles. The summed E-state index contributed by atoms with van der Waals surface area (Å²) in [5.41, 5.74) is 2.76. The monoisotopic (exact) mass is 493 g/mol. The molecular formula is C25H27N5O4S. The van der Waals surface area contributed by atoms with Gasteiger partial charge < -0.3 is 20.5 Å². The Kier molecular flexibility index (Phi) is 6.83. The molecular weight excluding hydrogens is 466 g/mol. The molecule has 0 unspecified atom stereocenters. The summed E-state index contributed by atoms with van der Waals surface area (Å²) in [6.45, 7) is 0. The number of thioether (sulfide) groups is 1. The molecule has 3 N–H and O–H groups in total. The lowest BCUT2D eigenvalue weighted by atomic mass is 9.81. The molecule has 0 radical (unpaired) electrons. The van der Waals surface area contributed by atoms with E-state index >= 15 is 0 Å². The number of nitrogens with one attached hydrogen (secondary N) is 2. The smallest absolute Gasteiger partial charge is 0.270 e. The van der Waals surface area contributed by atoms with Crippen molar-refractivity contribution in [1.29, 1.82) is 0 Å². The molecule has 4 heterocycles. The fourth-order valence-corrected chi connectivity index (χ4v) is 5.49. The zero-order chi connectivity index (χ0) is 24.4. The first-order chi connectivity index (χ1) is 17.0. The topological polar surface area (TPSA) is 126 Å². The van der Waals surface area contributed by atoms with Gasteiger partial charge in [-0.05, 0) is 61.4 Å². The maximum absolute atomic E-state index is 12.7. The zero-order valence-corrected chi connectivity index (χ0v) is 20.2. The Labute approximate surface area is 207 Å². The highest BCUT2D eigenvalue weighted by molar-refractivity contribution is 8.00. The van der Waals surface area contributed by atoms with Gasteiger partial charge in [0.05, 0.1) is 34.9 Å². The Morgan fingerprint density at radius 1 is 1.20 bits per heavy atom. The van der Waals surface area contributed by atoms with Gasteiger partial charge in [-0.1, -0.05) is 0 Å². The fourth-order valence-electron chi connectivity index (χ4n) is 4.73. The van der Waals surface area contributed by atoms with E-state index < -0.39 is 6.10 Å². The molecule has 1 aliphatic heterocycles. The van der Waals surface area contributed by atoms with Gasteiger partial charge in [-0.25, -0.2) is 9.97 Å². The molecule has 3 aromatic rings. The summed E-state index contributed by atoms with van der Waals surface area (Å²) in [4.78, 5) is 38.4. The second kappa shape index (κ2) is 10.2. The minimum atomic E-state index is -0.506. The Morgan fingerprint density at radius 3 is 2.83 bits per heavy atom. The van der Waals surface area contributed by atoms with Gasteiger partial charge in [0.2, 0.25) is 11.8 Å². The number of methoxy groups -OCH3 is 1. The van der Waals surface area contributed by atoms with Gasteiger partial charge in [0, 0.05) is 24.7 Å². The minimum Gasteiger partial charge on any atom is -0.481 e. The van der Waals surface area contributed by atoms with Crippen molar-refractivity contribution in [2.24, 2.45) is 5.92 Å². The highest BCUT2D eigenvalue weighted by atomic mass is 32.2. The molecule has 1 saturated carbocycles. The number of aliphatic hydroxyl groups excluding tert-OH is 1. The normalized spacial score (nSPS) is 20.6. The average Bonchev–Trinajstić information content (AvgIpc) is 2.88. The molecule has 35 heavy (non-hydrogen) atoms. The molecule has 0 bridgehead atoms. The molecule has 5 rings (SSSR count). The SMILES string of the molecule is COc1ccc2nccc(C[C@H](O)C3CCC(NC(=O)c4ccc5c(n4)NC(=O)CS5)CC3)c2n1. The molecule has 2 amide bonds. The van der Waals surface area contributed by atoms with Crippen molar-refractivity contribution in [3.63, 3.8) is 0 Å². The van der Waals surface area contributed by atoms with Crippen molar-refractivity contribution in [1.82, 2.24) is 20.3 Å². The van der Waals surface area contributed by atoms with Crippen LogP contribution >= 0.6 is 11.8 Å². The van der Waals surface area contributed by atoms with Gasteiger partial charge in [0.25, 0.3) is 5.91 Å². The molecule has 0 spiro atoms. The summed E-state index contributed by atoms with van der Waals surface area (Å²) in [5, 5.41) is 16.8. The number of anilines is 1. The van der Waals surface area contributed by atoms with Crippen LogP contribution < -0.4 is 15.4 Å². The summed E-state index contributed by atoms with van der Waals surface area (Å²) in [6.07, 6.45) is 4.93. The number of hydrogen-bond acceptors (Lipinski definition) is 8. The van der Waals surface area contributed by atoms with E-state index in [2.05, 4.69) is 25.6 Å². The van der Waals surface area contributed by atoms with Crippen molar-refractivity contribution in [2.45, 2.75) is 49.1 Å². The molecule has 182 valence electrons. The zero-order valence-electron chi connectivity index (χ0n) is 19.4. The number of aliphatic hydroxyl groups is 1. The third-order valence-electron chi connectivity index (χ3n) is 6.64. The summed E-state index contributed by atoms with van der Waals surface area (Å²) in [7, 11) is 1.58. The fraction of sp³-hybridized carbons (Fsp3) is 0.400. The molecule has 3 aromatic heterocycles. The predicted octanol–water partition coefficient (Wildman–Crippen LogP) is 2.97. The standard InChI is InChI=1S/C25H27N5O4S/c1-34-22-9-7-17-23(30-22)15(10-11-26-17)12-19(31)14-2-4-16(5-3-14)27-25(33)18-6-8-20-24(28-18)29-21(32)13-35-20/h6-11,14,16,19,31H,2-5,12-13H2,1H3,(H,27,33)(H,28,29,32)/t14?,16?,19-/m0/s1. The van der Waals surface area contributed by atoms with Crippen molar-refractivity contribution in [3.05, 3.63) is 47.8 Å². The van der Waals surface area contributed by atoms with E-state index in [-0.39, 0.29) is 23.8 Å². The van der Waals surface area contributed by atoms with Gasteiger partial charge in [-0.15, -0.1) is 11.8 Å². The van der Waals surface area contributed by atoms with Crippen LogP contribution in [-0.4, -0.2) is 56.9 Å². The lowest BCUT2D eigenvalue weighted by molar-refractivity contribution is -0.113. The first kappa shape index (κ1) is 23.5. The van der Waals surface area contributed by atoms with Crippen LogP contribution in [0.2, 0.25) is 0 Å². The van der Waals surface area contributed by atoms with Crippen molar-refractivity contribution >= 4 is 40.4 Å². The second-order valence-electron chi connectivity index (χ2n) is 8.93. The van der Waals surface area contributed by atoms with E-state index in [4.69, 9.17) is 4.74 Å². The van der Waals surface area contributed by atoms with E-state index in [0.29, 0.717) is 29.6 Å². The molecule has 0 aromatic carbocycles. The van der Waals surface area contributed by atoms with E-state index in [1.165, 1.54) is 11.8 Å². The lowest BCUT2D eigenvalue weighted by Crippen LogP contribution is -2.40. The molecule has 9 nitrogen and oxygen atoms in total. The first-order valence-electron chi connectivity index (χ1n) is 11.7. The second-order valence-corrected chi connectivity index (χ2v) is 9.95. The number of carbonyl (C=O) groups is 2. The van der Waals surface area contributed by atoms with Crippen LogP contribution in [-0.2, 0) is 11.2 Å². The average molecular weight is 494 g/mol. The van der Waals surface area contributed by atoms with Crippen LogP contribution in [0.15, 0.2) is 41.4 Å². The molecule has 1 fully saturated rings. The van der Waals surface area contributed by atoms with Crippen LogP contribution in [0.3, 0.4) is 0 Å². The van der Waals surface area contributed by atoms with Crippen LogP contribution in [0.5, 0.6) is 5.88 Å². The number of pyridine rings is 3. The van der Waals surface area contributed by atoms with Crippen LogP contribution in [0.1, 0.15) is 41.7 Å². The van der Waals surface area contributed by atoms with E-state index in [1.807, 2.05) is 18.2 Å². The number of rotatable bonds is 6. The number of carbonyl (C=O) groups excluding carboxylic acids is 2. The maximum Gasteiger partial charge on any atom is 0.270 e. The highest BCUT2D eigenvalue weighted by Gasteiger charge is 2.28. The molecule has 2 aliphatic rings. The third-order valence-corrected chi connectivity index (χ3v) is 7.69. The maximum atomic E-state index is 12.7. The Bertz CT molecular complexity index is 1260. The minimum absolute atomic E-state index is 0.0282. The Balaban J connectivity index is 1.17. The van der Waals surface area contributed by atoms with Crippen LogP contribution in [0.25, 0.3) is 11.0 Å². The summed E-state index contributed by atoms with van der Waals surface area (Å²) in [5.74, 6) is 1.11.